The van der Waals surface area contributed by atoms with Crippen LogP contribution in [0.2, 0.25) is 5.02 Å². The van der Waals surface area contributed by atoms with Crippen molar-refractivity contribution in [2.45, 2.75) is 6.61 Å². The second-order valence-corrected chi connectivity index (χ2v) is 3.92. The molecule has 0 saturated carbocycles. The van der Waals surface area contributed by atoms with E-state index in [1.807, 2.05) is 0 Å². The van der Waals surface area contributed by atoms with E-state index in [0.717, 1.165) is 0 Å². The molecule has 0 atom stereocenters. The Kier molecular flexibility index (Phi) is 3.61. The van der Waals surface area contributed by atoms with Gasteiger partial charge in [-0.05, 0) is 35.9 Å². The largest absolute Gasteiger partial charge is 0.454 e. The van der Waals surface area contributed by atoms with E-state index in [1.165, 1.54) is 12.1 Å². The minimum Gasteiger partial charge on any atom is -0.454 e. The van der Waals surface area contributed by atoms with Crippen LogP contribution in [0.25, 0.3) is 0 Å². The van der Waals surface area contributed by atoms with E-state index in [-0.39, 0.29) is 12.4 Å². The highest BCUT2D eigenvalue weighted by atomic mass is 35.5. The van der Waals surface area contributed by atoms with Crippen LogP contribution in [0.4, 0.5) is 4.39 Å². The third-order valence-corrected chi connectivity index (χ3v) is 2.44. The van der Waals surface area contributed by atoms with E-state index in [1.54, 1.807) is 30.3 Å². The van der Waals surface area contributed by atoms with Crippen molar-refractivity contribution in [1.29, 1.82) is 0 Å². The molecule has 0 saturated heterocycles. The maximum absolute atomic E-state index is 13.6. The third kappa shape index (κ3) is 2.96. The first-order valence-corrected chi connectivity index (χ1v) is 5.39. The lowest BCUT2D eigenvalue weighted by Gasteiger charge is -2.07. The van der Waals surface area contributed by atoms with Gasteiger partial charge in [0.25, 0.3) is 0 Å². The molecule has 0 heterocycles. The highest BCUT2D eigenvalue weighted by molar-refractivity contribution is 6.30. The fourth-order valence-corrected chi connectivity index (χ4v) is 1.56. The van der Waals surface area contributed by atoms with Crippen LogP contribution in [-0.4, -0.2) is 5.11 Å². The van der Waals surface area contributed by atoms with Crippen molar-refractivity contribution in [3.05, 3.63) is 58.9 Å². The molecule has 2 aromatic rings. The number of benzene rings is 2. The second kappa shape index (κ2) is 5.17. The Bertz CT molecular complexity index is 529. The van der Waals surface area contributed by atoms with Gasteiger partial charge < -0.3 is 9.84 Å². The predicted octanol–water partition coefficient (Wildman–Crippen LogP) is 3.76. The summed E-state index contributed by atoms with van der Waals surface area (Å²) in [4.78, 5) is 0. The Hall–Kier alpha value is -1.58. The molecule has 2 nitrogen and oxygen atoms in total. The number of hydrogen-bond acceptors (Lipinski definition) is 2. The third-order valence-electron chi connectivity index (χ3n) is 2.20. The Morgan fingerprint density at radius 2 is 2.00 bits per heavy atom. The van der Waals surface area contributed by atoms with Crippen LogP contribution in [0.15, 0.2) is 42.5 Å². The average molecular weight is 253 g/mol. The highest BCUT2D eigenvalue weighted by Gasteiger charge is 2.06. The zero-order chi connectivity index (χ0) is 12.3. The molecule has 2 rings (SSSR count). The molecule has 0 bridgehead atoms. The topological polar surface area (TPSA) is 29.5 Å². The predicted molar refractivity (Wildman–Crippen MR) is 63.8 cm³/mol. The summed E-state index contributed by atoms with van der Waals surface area (Å²) in [6.07, 6.45) is 0. The SMILES string of the molecule is OCc1ccc(Oc2cccc(Cl)c2)c(F)c1. The number of hydrogen-bond donors (Lipinski definition) is 1. The van der Waals surface area contributed by atoms with Gasteiger partial charge in [-0.15, -0.1) is 0 Å². The number of ether oxygens (including phenoxy) is 1. The van der Waals surface area contributed by atoms with Crippen molar-refractivity contribution in [2.75, 3.05) is 0 Å². The lowest BCUT2D eigenvalue weighted by atomic mass is 10.2. The van der Waals surface area contributed by atoms with Crippen LogP contribution >= 0.6 is 11.6 Å². The molecular weight excluding hydrogens is 243 g/mol. The van der Waals surface area contributed by atoms with Crippen LogP contribution in [0.1, 0.15) is 5.56 Å². The van der Waals surface area contributed by atoms with Crippen LogP contribution < -0.4 is 4.74 Å². The monoisotopic (exact) mass is 252 g/mol. The van der Waals surface area contributed by atoms with Crippen LogP contribution in [-0.2, 0) is 6.61 Å². The van der Waals surface area contributed by atoms with E-state index in [0.29, 0.717) is 16.3 Å². The zero-order valence-electron chi connectivity index (χ0n) is 8.86. The average Bonchev–Trinajstić information content (AvgIpc) is 2.32. The Balaban J connectivity index is 2.24. The van der Waals surface area contributed by atoms with E-state index < -0.39 is 5.82 Å². The number of halogens is 2. The molecule has 0 aliphatic heterocycles. The highest BCUT2D eigenvalue weighted by Crippen LogP contribution is 2.26. The lowest BCUT2D eigenvalue weighted by molar-refractivity contribution is 0.281. The number of rotatable bonds is 3. The van der Waals surface area contributed by atoms with Crippen LogP contribution in [0.3, 0.4) is 0 Å². The van der Waals surface area contributed by atoms with Crippen molar-refractivity contribution < 1.29 is 14.2 Å². The minimum absolute atomic E-state index is 0.101. The molecule has 0 fully saturated rings. The first kappa shape index (κ1) is 11.9. The number of aliphatic hydroxyl groups excluding tert-OH is 1. The maximum Gasteiger partial charge on any atom is 0.166 e. The van der Waals surface area contributed by atoms with Gasteiger partial charge in [0.1, 0.15) is 5.75 Å². The normalized spacial score (nSPS) is 10.3. The lowest BCUT2D eigenvalue weighted by Crippen LogP contribution is -1.91. The summed E-state index contributed by atoms with van der Waals surface area (Å²) in [6.45, 7) is -0.200. The molecule has 88 valence electrons. The van der Waals surface area contributed by atoms with Gasteiger partial charge in [-0.25, -0.2) is 4.39 Å². The quantitative estimate of drug-likeness (QED) is 0.901. The Labute approximate surface area is 103 Å². The van der Waals surface area contributed by atoms with Crippen LogP contribution in [0, 0.1) is 5.82 Å². The molecule has 0 amide bonds. The fraction of sp³-hybridized carbons (Fsp3) is 0.0769. The molecule has 17 heavy (non-hydrogen) atoms. The molecule has 0 aromatic heterocycles. The van der Waals surface area contributed by atoms with Gasteiger partial charge in [0.15, 0.2) is 11.6 Å². The molecule has 0 unspecified atom stereocenters. The summed E-state index contributed by atoms with van der Waals surface area (Å²) in [5.74, 6) is 0.0501. The van der Waals surface area contributed by atoms with E-state index in [9.17, 15) is 4.39 Å². The van der Waals surface area contributed by atoms with Gasteiger partial charge in [0, 0.05) is 5.02 Å². The standard InChI is InChI=1S/C13H10ClFO2/c14-10-2-1-3-11(7-10)17-13-5-4-9(8-16)6-12(13)15/h1-7,16H,8H2. The van der Waals surface area contributed by atoms with E-state index in [4.69, 9.17) is 21.4 Å². The maximum atomic E-state index is 13.6. The summed E-state index contributed by atoms with van der Waals surface area (Å²) >= 11 is 5.79. The van der Waals surface area contributed by atoms with Gasteiger partial charge >= 0.3 is 0 Å². The summed E-state index contributed by atoms with van der Waals surface area (Å²) in [5, 5.41) is 9.38. The summed E-state index contributed by atoms with van der Waals surface area (Å²) in [5.41, 5.74) is 0.501. The van der Waals surface area contributed by atoms with Crippen molar-refractivity contribution in [2.24, 2.45) is 0 Å². The first-order chi connectivity index (χ1) is 8.19. The molecule has 4 heteroatoms. The van der Waals surface area contributed by atoms with Gasteiger partial charge in [0.05, 0.1) is 6.61 Å². The van der Waals surface area contributed by atoms with Gasteiger partial charge in [-0.3, -0.25) is 0 Å². The molecule has 0 aliphatic carbocycles. The van der Waals surface area contributed by atoms with Crippen LogP contribution in [0.5, 0.6) is 11.5 Å². The minimum atomic E-state index is -0.517. The fourth-order valence-electron chi connectivity index (χ4n) is 1.38. The van der Waals surface area contributed by atoms with Crippen molar-refractivity contribution in [3.63, 3.8) is 0 Å². The molecule has 0 aliphatic rings. The van der Waals surface area contributed by atoms with E-state index in [2.05, 4.69) is 0 Å². The molecular formula is C13H10ClFO2. The summed E-state index contributed by atoms with van der Waals surface area (Å²) < 4.78 is 18.9. The molecule has 0 radical (unpaired) electrons. The van der Waals surface area contributed by atoms with Crippen molar-refractivity contribution in [1.82, 2.24) is 0 Å². The number of aliphatic hydroxyl groups is 1. The molecule has 1 N–H and O–H groups in total. The Morgan fingerprint density at radius 1 is 1.18 bits per heavy atom. The first-order valence-electron chi connectivity index (χ1n) is 5.02. The molecule has 0 spiro atoms. The van der Waals surface area contributed by atoms with Gasteiger partial charge in [-0.2, -0.15) is 0 Å². The van der Waals surface area contributed by atoms with Gasteiger partial charge in [0.2, 0.25) is 0 Å². The van der Waals surface area contributed by atoms with Gasteiger partial charge in [-0.1, -0.05) is 23.7 Å². The molecule has 2 aromatic carbocycles. The smallest absolute Gasteiger partial charge is 0.166 e. The summed E-state index contributed by atoms with van der Waals surface area (Å²) in [7, 11) is 0. The van der Waals surface area contributed by atoms with Crippen molar-refractivity contribution >= 4 is 11.6 Å². The van der Waals surface area contributed by atoms with E-state index >= 15 is 0 Å². The zero-order valence-corrected chi connectivity index (χ0v) is 9.62. The Morgan fingerprint density at radius 3 is 2.65 bits per heavy atom. The second-order valence-electron chi connectivity index (χ2n) is 3.48. The van der Waals surface area contributed by atoms with Crippen molar-refractivity contribution in [3.8, 4) is 11.5 Å². The summed E-state index contributed by atoms with van der Waals surface area (Å²) in [6, 6.07) is 11.0.